The van der Waals surface area contributed by atoms with Gasteiger partial charge >= 0.3 is 5.63 Å². The van der Waals surface area contributed by atoms with Gasteiger partial charge in [0.2, 0.25) is 6.29 Å². The lowest BCUT2D eigenvalue weighted by Crippen LogP contribution is -2.32. The van der Waals surface area contributed by atoms with Crippen molar-refractivity contribution in [3.63, 3.8) is 0 Å². The highest BCUT2D eigenvalue weighted by atomic mass is 16.7. The Kier molecular flexibility index (Phi) is 4.47. The quantitative estimate of drug-likeness (QED) is 0.250. The van der Waals surface area contributed by atoms with E-state index in [4.69, 9.17) is 13.9 Å². The molecule has 0 spiro atoms. The molecule has 0 radical (unpaired) electrons. The highest BCUT2D eigenvalue weighted by molar-refractivity contribution is 6.03. The summed E-state index contributed by atoms with van der Waals surface area (Å²) in [5.74, 6) is 0.357. The third kappa shape index (κ3) is 2.91. The van der Waals surface area contributed by atoms with Crippen LogP contribution in [0.4, 0.5) is 0 Å². The Balaban J connectivity index is 1.72. The zero-order valence-corrected chi connectivity index (χ0v) is 17.7. The van der Waals surface area contributed by atoms with E-state index in [0.717, 1.165) is 32.5 Å². The first-order valence-corrected chi connectivity index (χ1v) is 11.0. The maximum atomic E-state index is 13.3. The monoisotopic (exact) mass is 422 g/mol. The first kappa shape index (κ1) is 19.1. The molecule has 158 valence electrons. The van der Waals surface area contributed by atoms with Crippen molar-refractivity contribution in [3.05, 3.63) is 100 Å². The third-order valence-electron chi connectivity index (χ3n) is 6.34. The van der Waals surface area contributed by atoms with Crippen LogP contribution in [0.2, 0.25) is 0 Å². The number of ether oxygens (including phenoxy) is 2. The fraction of sp³-hybridized carbons (Fsp3) is 0.179. The molecule has 1 aliphatic heterocycles. The lowest BCUT2D eigenvalue weighted by molar-refractivity contribution is -0.0888. The molecule has 4 nitrogen and oxygen atoms in total. The molecular weight excluding hydrogens is 400 g/mol. The summed E-state index contributed by atoms with van der Waals surface area (Å²) in [5, 5.41) is 5.35. The van der Waals surface area contributed by atoms with Crippen LogP contribution in [-0.2, 0) is 4.74 Å². The van der Waals surface area contributed by atoms with Crippen molar-refractivity contribution in [2.24, 2.45) is 0 Å². The number of hydrogen-bond donors (Lipinski definition) is 0. The fourth-order valence-corrected chi connectivity index (χ4v) is 5.03. The number of rotatable bonds is 3. The van der Waals surface area contributed by atoms with E-state index in [0.29, 0.717) is 29.9 Å². The number of hydrogen-bond acceptors (Lipinski definition) is 4. The summed E-state index contributed by atoms with van der Waals surface area (Å²) in [7, 11) is 0. The van der Waals surface area contributed by atoms with Gasteiger partial charge in [0.1, 0.15) is 11.3 Å². The van der Waals surface area contributed by atoms with Crippen molar-refractivity contribution in [1.82, 2.24) is 0 Å². The molecule has 0 bridgehead atoms. The summed E-state index contributed by atoms with van der Waals surface area (Å²) >= 11 is 0. The Hall–Kier alpha value is -3.63. The molecule has 2 atom stereocenters. The topological polar surface area (TPSA) is 48.7 Å². The van der Waals surface area contributed by atoms with Crippen molar-refractivity contribution < 1.29 is 13.9 Å². The van der Waals surface area contributed by atoms with Gasteiger partial charge < -0.3 is 13.9 Å². The molecule has 1 aliphatic rings. The predicted molar refractivity (Wildman–Crippen MR) is 126 cm³/mol. The van der Waals surface area contributed by atoms with Gasteiger partial charge in [-0.15, -0.1) is 0 Å². The first-order valence-electron chi connectivity index (χ1n) is 11.0. The van der Waals surface area contributed by atoms with Gasteiger partial charge in [0.05, 0.1) is 10.9 Å². The highest BCUT2D eigenvalue weighted by Crippen LogP contribution is 2.46. The SMILES string of the molecule is CCO[C@H]1C[C@H](c2c3ccccc3cc3ccccc23)c2c(c3ccccc3oc2=O)O1. The maximum absolute atomic E-state index is 13.3. The van der Waals surface area contributed by atoms with Gasteiger partial charge in [-0.25, -0.2) is 4.79 Å². The molecule has 5 aromatic rings. The summed E-state index contributed by atoms with van der Waals surface area (Å²) in [6.45, 7) is 2.49. The summed E-state index contributed by atoms with van der Waals surface area (Å²) in [6.07, 6.45) is 0.0996. The Labute approximate surface area is 185 Å². The van der Waals surface area contributed by atoms with E-state index in [1.165, 1.54) is 0 Å². The zero-order valence-electron chi connectivity index (χ0n) is 17.7. The van der Waals surface area contributed by atoms with Crippen LogP contribution in [0.15, 0.2) is 88.1 Å². The Morgan fingerprint density at radius 2 is 1.47 bits per heavy atom. The van der Waals surface area contributed by atoms with Crippen LogP contribution in [0.25, 0.3) is 32.5 Å². The molecule has 6 rings (SSSR count). The molecule has 0 aliphatic carbocycles. The lowest BCUT2D eigenvalue weighted by atomic mass is 9.81. The number of para-hydroxylation sites is 1. The van der Waals surface area contributed by atoms with Gasteiger partial charge in [-0.2, -0.15) is 0 Å². The number of benzene rings is 4. The maximum Gasteiger partial charge on any atom is 0.343 e. The molecular formula is C28H22O4. The van der Waals surface area contributed by atoms with Crippen LogP contribution in [0.1, 0.15) is 30.4 Å². The minimum Gasteiger partial charge on any atom is -0.464 e. The van der Waals surface area contributed by atoms with Crippen LogP contribution in [0.5, 0.6) is 5.75 Å². The number of fused-ring (bicyclic) bond motifs is 5. The minimum atomic E-state index is -0.444. The predicted octanol–water partition coefficient (Wildman–Crippen LogP) is 6.38. The Morgan fingerprint density at radius 3 is 2.16 bits per heavy atom. The van der Waals surface area contributed by atoms with E-state index < -0.39 is 6.29 Å². The molecule has 32 heavy (non-hydrogen) atoms. The lowest BCUT2D eigenvalue weighted by Gasteiger charge is -2.33. The van der Waals surface area contributed by atoms with E-state index in [1.807, 2.05) is 49.4 Å². The van der Waals surface area contributed by atoms with Crippen molar-refractivity contribution in [1.29, 1.82) is 0 Å². The molecule has 0 fully saturated rings. The van der Waals surface area contributed by atoms with Crippen molar-refractivity contribution in [2.45, 2.75) is 25.6 Å². The molecule has 4 aromatic carbocycles. The van der Waals surface area contributed by atoms with Crippen molar-refractivity contribution in [3.8, 4) is 5.75 Å². The summed E-state index contributed by atoms with van der Waals surface area (Å²) < 4.78 is 18.0. The summed E-state index contributed by atoms with van der Waals surface area (Å²) in [6, 6.07) is 26.4. The second kappa shape index (κ2) is 7.50. The van der Waals surface area contributed by atoms with Gasteiger partial charge in [0.25, 0.3) is 0 Å². The Bertz CT molecular complexity index is 1480. The average molecular weight is 422 g/mol. The van der Waals surface area contributed by atoms with Gasteiger partial charge in [0, 0.05) is 18.9 Å². The molecule has 0 saturated carbocycles. The average Bonchev–Trinajstić information content (AvgIpc) is 2.82. The zero-order chi connectivity index (χ0) is 21.7. The Morgan fingerprint density at radius 1 is 0.844 bits per heavy atom. The second-order valence-electron chi connectivity index (χ2n) is 8.15. The normalized spacial score (nSPS) is 18.0. The third-order valence-corrected chi connectivity index (χ3v) is 6.34. The first-order chi connectivity index (χ1) is 15.7. The van der Waals surface area contributed by atoms with Crippen molar-refractivity contribution >= 4 is 32.5 Å². The minimum absolute atomic E-state index is 0.216. The van der Waals surface area contributed by atoms with Crippen LogP contribution in [-0.4, -0.2) is 12.9 Å². The van der Waals surface area contributed by atoms with E-state index in [-0.39, 0.29) is 11.5 Å². The van der Waals surface area contributed by atoms with E-state index >= 15 is 0 Å². The van der Waals surface area contributed by atoms with Gasteiger partial charge in [0.15, 0.2) is 0 Å². The van der Waals surface area contributed by atoms with E-state index in [9.17, 15) is 4.79 Å². The molecule has 0 amide bonds. The van der Waals surface area contributed by atoms with Crippen molar-refractivity contribution in [2.75, 3.05) is 6.61 Å². The van der Waals surface area contributed by atoms with Gasteiger partial charge in [-0.1, -0.05) is 60.7 Å². The molecule has 4 heteroatoms. The molecule has 0 saturated heterocycles. The largest absolute Gasteiger partial charge is 0.464 e. The van der Waals surface area contributed by atoms with Crippen LogP contribution in [0.3, 0.4) is 0 Å². The second-order valence-corrected chi connectivity index (χ2v) is 8.15. The fourth-order valence-electron chi connectivity index (χ4n) is 5.03. The van der Waals surface area contributed by atoms with Gasteiger partial charge in [-0.05, 0) is 52.2 Å². The molecule has 0 unspecified atom stereocenters. The van der Waals surface area contributed by atoms with Gasteiger partial charge in [-0.3, -0.25) is 0 Å². The summed E-state index contributed by atoms with van der Waals surface area (Å²) in [5.41, 5.74) is 1.86. The molecule has 2 heterocycles. The van der Waals surface area contributed by atoms with Crippen LogP contribution >= 0.6 is 0 Å². The van der Waals surface area contributed by atoms with Crippen LogP contribution in [0, 0.1) is 0 Å². The van der Waals surface area contributed by atoms with E-state index in [1.54, 1.807) is 6.07 Å². The molecule has 1 aromatic heterocycles. The standard InChI is InChI=1S/C28H22O4/c1-2-30-24-16-22(26-27(32-24)21-13-7-8-14-23(21)31-28(26)29)25-19-11-5-3-9-17(19)15-18-10-4-6-12-20(18)25/h3-15,22,24H,2,16H2,1H3/t22-,24-/m1/s1. The molecule has 0 N–H and O–H groups in total. The highest BCUT2D eigenvalue weighted by Gasteiger charge is 2.36. The van der Waals surface area contributed by atoms with E-state index in [2.05, 4.69) is 30.3 Å². The summed E-state index contributed by atoms with van der Waals surface area (Å²) in [4.78, 5) is 13.3. The smallest absolute Gasteiger partial charge is 0.343 e. The van der Waals surface area contributed by atoms with Crippen LogP contribution < -0.4 is 10.4 Å².